The predicted octanol–water partition coefficient (Wildman–Crippen LogP) is 4.45. The molecule has 0 radical (unpaired) electrons. The molecule has 0 aromatic rings. The number of rotatable bonds is 5. The van der Waals surface area contributed by atoms with Crippen molar-refractivity contribution in [2.75, 3.05) is 0 Å². The Labute approximate surface area is 81.1 Å². The highest BCUT2D eigenvalue weighted by atomic mass is 32.2. The van der Waals surface area contributed by atoms with Crippen LogP contribution in [0.3, 0.4) is 0 Å². The van der Waals surface area contributed by atoms with Gasteiger partial charge in [-0.15, -0.1) is 11.8 Å². The summed E-state index contributed by atoms with van der Waals surface area (Å²) in [5.41, 5.74) is 0. The fourth-order valence-corrected chi connectivity index (χ4v) is 2.41. The normalized spacial score (nSPS) is 14.9. The zero-order valence-electron chi connectivity index (χ0n) is 8.63. The molecular weight excluding hydrogens is 164 g/mol. The van der Waals surface area contributed by atoms with Crippen molar-refractivity contribution in [1.29, 1.82) is 0 Å². The molecule has 0 aliphatic heterocycles. The van der Waals surface area contributed by atoms with Crippen LogP contribution < -0.4 is 0 Å². The lowest BCUT2D eigenvalue weighted by atomic mass is 9.93. The molecule has 1 heteroatoms. The minimum Gasteiger partial charge on any atom is -0.103 e. The van der Waals surface area contributed by atoms with Crippen molar-refractivity contribution in [3.8, 4) is 0 Å². The summed E-state index contributed by atoms with van der Waals surface area (Å²) < 4.78 is 0. The van der Waals surface area contributed by atoms with Crippen LogP contribution in [0.5, 0.6) is 0 Å². The van der Waals surface area contributed by atoms with Crippen molar-refractivity contribution < 1.29 is 0 Å². The van der Waals surface area contributed by atoms with E-state index in [1.807, 2.05) is 5.41 Å². The highest BCUT2D eigenvalue weighted by Crippen LogP contribution is 2.32. The van der Waals surface area contributed by atoms with Crippen molar-refractivity contribution in [3.63, 3.8) is 0 Å². The molecule has 0 saturated carbocycles. The molecule has 0 saturated heterocycles. The molecule has 1 unspecified atom stereocenters. The molecule has 70 valence electrons. The van der Waals surface area contributed by atoms with Crippen LogP contribution in [0, 0.1) is 11.8 Å². The summed E-state index contributed by atoms with van der Waals surface area (Å²) in [6.45, 7) is 12.7. The topological polar surface area (TPSA) is 0 Å². The lowest BCUT2D eigenvalue weighted by Crippen LogP contribution is -2.08. The second-order valence-electron chi connectivity index (χ2n) is 3.23. The Balaban J connectivity index is 4.34. The molecule has 0 N–H and O–H groups in total. The van der Waals surface area contributed by atoms with Crippen LogP contribution in [0.15, 0.2) is 23.0 Å². The molecule has 0 fully saturated rings. The fraction of sp³-hybridized carbons (Fsp3) is 0.636. The highest BCUT2D eigenvalue weighted by molar-refractivity contribution is 8.05. The third-order valence-corrected chi connectivity index (χ3v) is 3.09. The van der Waals surface area contributed by atoms with Crippen LogP contribution in [0.1, 0.15) is 34.1 Å². The Morgan fingerprint density at radius 1 is 1.50 bits per heavy atom. The summed E-state index contributed by atoms with van der Waals surface area (Å²) in [5.74, 6) is 1.44. The summed E-state index contributed by atoms with van der Waals surface area (Å²) in [7, 11) is 0. The standard InChI is InChI=1S/C11H20S/c1-6-10(9(4)5)11(7-2)12-8-3/h7-10H,3,6H2,1-2,4-5H3/b11-7-. The maximum atomic E-state index is 3.75. The molecule has 0 aromatic heterocycles. The number of thioether (sulfide) groups is 1. The monoisotopic (exact) mass is 184 g/mol. The Kier molecular flexibility index (Phi) is 6.27. The van der Waals surface area contributed by atoms with Crippen LogP contribution in [0.4, 0.5) is 0 Å². The van der Waals surface area contributed by atoms with Crippen molar-refractivity contribution in [2.45, 2.75) is 34.1 Å². The first-order chi connectivity index (χ1) is 5.67. The first kappa shape index (κ1) is 11.8. The molecule has 12 heavy (non-hydrogen) atoms. The fourth-order valence-electron chi connectivity index (χ4n) is 1.47. The Morgan fingerprint density at radius 3 is 2.33 bits per heavy atom. The third kappa shape index (κ3) is 3.48. The molecule has 0 aromatic carbocycles. The van der Waals surface area contributed by atoms with Gasteiger partial charge in [-0.1, -0.05) is 33.4 Å². The van der Waals surface area contributed by atoms with Gasteiger partial charge in [-0.2, -0.15) is 0 Å². The first-order valence-corrected chi connectivity index (χ1v) is 5.49. The van der Waals surface area contributed by atoms with E-state index >= 15 is 0 Å². The Bertz CT molecular complexity index is 156. The lowest BCUT2D eigenvalue weighted by molar-refractivity contribution is 0.446. The number of allylic oxidation sites excluding steroid dienone is 2. The molecule has 0 nitrogen and oxygen atoms in total. The molecule has 1 atom stereocenters. The molecule has 0 amide bonds. The second kappa shape index (κ2) is 6.36. The van der Waals surface area contributed by atoms with Crippen molar-refractivity contribution in [1.82, 2.24) is 0 Å². The van der Waals surface area contributed by atoms with Gasteiger partial charge in [0.05, 0.1) is 0 Å². The molecule has 0 heterocycles. The molecule has 0 rings (SSSR count). The molecule has 0 bridgehead atoms. The van der Waals surface area contributed by atoms with E-state index in [1.165, 1.54) is 11.3 Å². The summed E-state index contributed by atoms with van der Waals surface area (Å²) in [6.07, 6.45) is 3.43. The van der Waals surface area contributed by atoms with Crippen LogP contribution in [-0.4, -0.2) is 0 Å². The molecule has 0 spiro atoms. The van der Waals surface area contributed by atoms with E-state index in [0.29, 0.717) is 5.92 Å². The van der Waals surface area contributed by atoms with E-state index in [1.54, 1.807) is 11.8 Å². The van der Waals surface area contributed by atoms with E-state index in [-0.39, 0.29) is 0 Å². The van der Waals surface area contributed by atoms with Crippen molar-refractivity contribution >= 4 is 11.8 Å². The van der Waals surface area contributed by atoms with Gasteiger partial charge in [0.15, 0.2) is 0 Å². The van der Waals surface area contributed by atoms with Gasteiger partial charge in [-0.3, -0.25) is 0 Å². The minimum absolute atomic E-state index is 0.706. The third-order valence-electron chi connectivity index (χ3n) is 2.11. The van der Waals surface area contributed by atoms with E-state index in [9.17, 15) is 0 Å². The number of hydrogen-bond acceptors (Lipinski definition) is 1. The van der Waals surface area contributed by atoms with Crippen LogP contribution in [0.25, 0.3) is 0 Å². The van der Waals surface area contributed by atoms with Crippen molar-refractivity contribution in [2.24, 2.45) is 11.8 Å². The smallest absolute Gasteiger partial charge is 0.00814 e. The Hall–Kier alpha value is -0.170. The maximum Gasteiger partial charge on any atom is -0.00814 e. The minimum atomic E-state index is 0.706. The average Bonchev–Trinajstić information content (AvgIpc) is 2.03. The summed E-state index contributed by atoms with van der Waals surface area (Å²) in [4.78, 5) is 1.46. The predicted molar refractivity (Wildman–Crippen MR) is 60.2 cm³/mol. The zero-order valence-corrected chi connectivity index (χ0v) is 9.45. The summed E-state index contributed by atoms with van der Waals surface area (Å²) >= 11 is 1.76. The van der Waals surface area contributed by atoms with Crippen LogP contribution in [-0.2, 0) is 0 Å². The van der Waals surface area contributed by atoms with Gasteiger partial charge in [-0.25, -0.2) is 0 Å². The van der Waals surface area contributed by atoms with Crippen molar-refractivity contribution in [3.05, 3.63) is 23.0 Å². The largest absolute Gasteiger partial charge is 0.103 e. The SMILES string of the molecule is C=CS/C(=C\C)C(CC)C(C)C. The highest BCUT2D eigenvalue weighted by Gasteiger charge is 2.14. The first-order valence-electron chi connectivity index (χ1n) is 4.61. The van der Waals surface area contributed by atoms with Gasteiger partial charge in [-0.05, 0) is 35.5 Å². The lowest BCUT2D eigenvalue weighted by Gasteiger charge is -2.20. The van der Waals surface area contributed by atoms with E-state index in [0.717, 1.165) is 5.92 Å². The van der Waals surface area contributed by atoms with Gasteiger partial charge in [0, 0.05) is 0 Å². The van der Waals surface area contributed by atoms with Gasteiger partial charge in [0.2, 0.25) is 0 Å². The van der Waals surface area contributed by atoms with E-state index in [2.05, 4.69) is 40.3 Å². The summed E-state index contributed by atoms with van der Waals surface area (Å²) in [5, 5.41) is 1.92. The van der Waals surface area contributed by atoms with Gasteiger partial charge >= 0.3 is 0 Å². The quantitative estimate of drug-likeness (QED) is 0.608. The maximum absolute atomic E-state index is 3.75. The molecule has 0 aliphatic carbocycles. The van der Waals surface area contributed by atoms with Crippen LogP contribution in [0.2, 0.25) is 0 Å². The number of hydrogen-bond donors (Lipinski definition) is 0. The molecular formula is C11H20S. The zero-order chi connectivity index (χ0) is 9.56. The van der Waals surface area contributed by atoms with Gasteiger partial charge < -0.3 is 0 Å². The average molecular weight is 184 g/mol. The second-order valence-corrected chi connectivity index (χ2v) is 4.27. The molecule has 0 aliphatic rings. The Morgan fingerprint density at radius 2 is 2.08 bits per heavy atom. The summed E-state index contributed by atoms with van der Waals surface area (Å²) in [6, 6.07) is 0. The van der Waals surface area contributed by atoms with Crippen LogP contribution >= 0.6 is 11.8 Å². The van der Waals surface area contributed by atoms with Gasteiger partial charge in [0.1, 0.15) is 0 Å². The van der Waals surface area contributed by atoms with E-state index < -0.39 is 0 Å². The van der Waals surface area contributed by atoms with Gasteiger partial charge in [0.25, 0.3) is 0 Å². The van der Waals surface area contributed by atoms with E-state index in [4.69, 9.17) is 0 Å².